The van der Waals surface area contributed by atoms with Crippen molar-refractivity contribution in [3.05, 3.63) is 11.6 Å². The van der Waals surface area contributed by atoms with E-state index in [9.17, 15) is 8.42 Å². The third-order valence-corrected chi connectivity index (χ3v) is 6.31. The zero-order chi connectivity index (χ0) is 15.0. The minimum atomic E-state index is -3.40. The summed E-state index contributed by atoms with van der Waals surface area (Å²) in [5.74, 6) is 1.74. The lowest BCUT2D eigenvalue weighted by molar-refractivity contribution is 0.376. The van der Waals surface area contributed by atoms with Gasteiger partial charge in [-0.25, -0.2) is 0 Å². The Morgan fingerprint density at radius 2 is 1.95 bits per heavy atom. The molecule has 0 spiro atoms. The summed E-state index contributed by atoms with van der Waals surface area (Å²) in [6.07, 6.45) is 6.30. The highest BCUT2D eigenvalue weighted by atomic mass is 32.2. The van der Waals surface area contributed by atoms with Crippen LogP contribution in [-0.2, 0) is 29.7 Å². The topological polar surface area (TPSA) is 71.3 Å². The molecule has 1 fully saturated rings. The van der Waals surface area contributed by atoms with Gasteiger partial charge in [-0.1, -0.05) is 6.42 Å². The average Bonchev–Trinajstić information content (AvgIpc) is 3.26. The molecule has 1 saturated carbocycles. The zero-order valence-electron chi connectivity index (χ0n) is 12.7. The standard InChI is InChI=1S/C13H23N5O2S/c1-16(21(19,20)17(2)11-7-8-11)10-13-15-14-12-6-4-3-5-9-18(12)13/h11H,3-10H2,1-2H3. The molecule has 1 aliphatic heterocycles. The van der Waals surface area contributed by atoms with Crippen LogP contribution in [0.4, 0.5) is 0 Å². The molecular weight excluding hydrogens is 290 g/mol. The Morgan fingerprint density at radius 1 is 1.19 bits per heavy atom. The normalized spacial score (nSPS) is 19.8. The van der Waals surface area contributed by atoms with E-state index in [4.69, 9.17) is 0 Å². The number of fused-ring (bicyclic) bond motifs is 1. The first-order valence-corrected chi connectivity index (χ1v) is 9.00. The Hall–Kier alpha value is -0.990. The third-order valence-electron chi connectivity index (χ3n) is 4.37. The molecule has 0 radical (unpaired) electrons. The third kappa shape index (κ3) is 2.97. The van der Waals surface area contributed by atoms with Crippen LogP contribution in [0.3, 0.4) is 0 Å². The summed E-state index contributed by atoms with van der Waals surface area (Å²) in [6, 6.07) is 0.174. The van der Waals surface area contributed by atoms with Gasteiger partial charge in [0.15, 0.2) is 0 Å². The predicted octanol–water partition coefficient (Wildman–Crippen LogP) is 0.775. The van der Waals surface area contributed by atoms with E-state index in [2.05, 4.69) is 14.8 Å². The fourth-order valence-electron chi connectivity index (χ4n) is 2.79. The first-order valence-electron chi connectivity index (χ1n) is 7.60. The van der Waals surface area contributed by atoms with Gasteiger partial charge < -0.3 is 4.57 Å². The van der Waals surface area contributed by atoms with Crippen molar-refractivity contribution in [2.75, 3.05) is 14.1 Å². The van der Waals surface area contributed by atoms with E-state index in [1.54, 1.807) is 14.1 Å². The van der Waals surface area contributed by atoms with Gasteiger partial charge in [0.1, 0.15) is 11.6 Å². The van der Waals surface area contributed by atoms with E-state index >= 15 is 0 Å². The van der Waals surface area contributed by atoms with Crippen molar-refractivity contribution in [3.63, 3.8) is 0 Å². The van der Waals surface area contributed by atoms with Gasteiger partial charge >= 0.3 is 0 Å². The van der Waals surface area contributed by atoms with Crippen LogP contribution in [0, 0.1) is 0 Å². The summed E-state index contributed by atoms with van der Waals surface area (Å²) in [4.78, 5) is 0. The minimum Gasteiger partial charge on any atom is -0.314 e. The van der Waals surface area contributed by atoms with Gasteiger partial charge in [-0.05, 0) is 25.7 Å². The Labute approximate surface area is 126 Å². The molecule has 0 atom stereocenters. The lowest BCUT2D eigenvalue weighted by Crippen LogP contribution is -2.40. The van der Waals surface area contributed by atoms with Crippen molar-refractivity contribution >= 4 is 10.2 Å². The molecule has 1 aromatic heterocycles. The molecule has 0 unspecified atom stereocenters. The van der Waals surface area contributed by atoms with Crippen LogP contribution < -0.4 is 0 Å². The molecule has 0 amide bonds. The number of hydrogen-bond acceptors (Lipinski definition) is 4. The van der Waals surface area contributed by atoms with Gasteiger partial charge in [-0.3, -0.25) is 0 Å². The van der Waals surface area contributed by atoms with E-state index in [0.29, 0.717) is 0 Å². The predicted molar refractivity (Wildman–Crippen MR) is 78.7 cm³/mol. The molecule has 118 valence electrons. The van der Waals surface area contributed by atoms with Crippen molar-refractivity contribution in [2.24, 2.45) is 0 Å². The first kappa shape index (κ1) is 14.9. The first-order chi connectivity index (χ1) is 10.00. The molecule has 2 aliphatic rings. The molecule has 1 aliphatic carbocycles. The van der Waals surface area contributed by atoms with Crippen LogP contribution in [0.2, 0.25) is 0 Å². The molecular formula is C13H23N5O2S. The molecule has 0 aromatic carbocycles. The largest absolute Gasteiger partial charge is 0.314 e. The van der Waals surface area contributed by atoms with Gasteiger partial charge in [0, 0.05) is 33.1 Å². The van der Waals surface area contributed by atoms with Crippen LogP contribution in [-0.4, -0.2) is 51.9 Å². The lowest BCUT2D eigenvalue weighted by atomic mass is 10.2. The lowest BCUT2D eigenvalue weighted by Gasteiger charge is -2.24. The van der Waals surface area contributed by atoms with E-state index in [1.807, 2.05) is 0 Å². The summed E-state index contributed by atoms with van der Waals surface area (Å²) >= 11 is 0. The van der Waals surface area contributed by atoms with Gasteiger partial charge in [-0.15, -0.1) is 10.2 Å². The van der Waals surface area contributed by atoms with Gasteiger partial charge in [-0.2, -0.15) is 17.0 Å². The summed E-state index contributed by atoms with van der Waals surface area (Å²) < 4.78 is 29.9. The molecule has 2 heterocycles. The van der Waals surface area contributed by atoms with Crippen LogP contribution in [0.5, 0.6) is 0 Å². The highest BCUT2D eigenvalue weighted by molar-refractivity contribution is 7.86. The second-order valence-electron chi connectivity index (χ2n) is 6.01. The number of aromatic nitrogens is 3. The second kappa shape index (κ2) is 5.66. The fraction of sp³-hybridized carbons (Fsp3) is 0.846. The zero-order valence-corrected chi connectivity index (χ0v) is 13.5. The highest BCUT2D eigenvalue weighted by Gasteiger charge is 2.36. The van der Waals surface area contributed by atoms with Gasteiger partial charge in [0.2, 0.25) is 0 Å². The summed E-state index contributed by atoms with van der Waals surface area (Å²) in [7, 11) is -0.124. The number of rotatable bonds is 5. The molecule has 0 saturated heterocycles. The molecule has 0 N–H and O–H groups in total. The smallest absolute Gasteiger partial charge is 0.282 e. The van der Waals surface area contributed by atoms with Crippen LogP contribution in [0.1, 0.15) is 43.8 Å². The van der Waals surface area contributed by atoms with Crippen molar-refractivity contribution in [2.45, 2.75) is 57.7 Å². The van der Waals surface area contributed by atoms with Crippen LogP contribution in [0.25, 0.3) is 0 Å². The van der Waals surface area contributed by atoms with Crippen molar-refractivity contribution in [1.82, 2.24) is 23.4 Å². The number of hydrogen-bond donors (Lipinski definition) is 0. The Morgan fingerprint density at radius 3 is 2.67 bits per heavy atom. The quantitative estimate of drug-likeness (QED) is 0.805. The summed E-state index contributed by atoms with van der Waals surface area (Å²) in [6.45, 7) is 1.18. The Kier molecular flexibility index (Phi) is 4.02. The number of nitrogens with zero attached hydrogens (tertiary/aromatic N) is 5. The molecule has 3 rings (SSSR count). The minimum absolute atomic E-state index is 0.174. The molecule has 7 nitrogen and oxygen atoms in total. The molecule has 21 heavy (non-hydrogen) atoms. The maximum absolute atomic E-state index is 12.5. The maximum atomic E-state index is 12.5. The number of aryl methyl sites for hydroxylation is 1. The summed E-state index contributed by atoms with van der Waals surface area (Å²) in [5.41, 5.74) is 0. The van der Waals surface area contributed by atoms with Crippen molar-refractivity contribution in [1.29, 1.82) is 0 Å². The second-order valence-corrected chi connectivity index (χ2v) is 8.10. The Balaban J connectivity index is 1.75. The van der Waals surface area contributed by atoms with Gasteiger partial charge in [0.25, 0.3) is 10.2 Å². The van der Waals surface area contributed by atoms with Crippen LogP contribution in [0.15, 0.2) is 0 Å². The fourth-order valence-corrected chi connectivity index (χ4v) is 4.10. The van der Waals surface area contributed by atoms with E-state index in [1.165, 1.54) is 15.0 Å². The van der Waals surface area contributed by atoms with Gasteiger partial charge in [0.05, 0.1) is 6.54 Å². The van der Waals surface area contributed by atoms with E-state index < -0.39 is 10.2 Å². The average molecular weight is 313 g/mol. The highest BCUT2D eigenvalue weighted by Crippen LogP contribution is 2.28. The van der Waals surface area contributed by atoms with Crippen molar-refractivity contribution < 1.29 is 8.42 Å². The SMILES string of the molecule is CN(Cc1nnc2n1CCCCC2)S(=O)(=O)N(C)C1CC1. The van der Waals surface area contributed by atoms with Crippen LogP contribution >= 0.6 is 0 Å². The monoisotopic (exact) mass is 313 g/mol. The summed E-state index contributed by atoms with van der Waals surface area (Å²) in [5, 5.41) is 8.42. The molecule has 0 bridgehead atoms. The van der Waals surface area contributed by atoms with E-state index in [-0.39, 0.29) is 12.6 Å². The van der Waals surface area contributed by atoms with Crippen molar-refractivity contribution in [3.8, 4) is 0 Å². The van der Waals surface area contributed by atoms with E-state index in [0.717, 1.165) is 50.3 Å². The maximum Gasteiger partial charge on any atom is 0.282 e. The Bertz CT molecular complexity index is 608. The molecule has 8 heteroatoms. The molecule has 1 aromatic rings.